The normalized spacial score (nSPS) is 34.4. The molecule has 7 nitrogen and oxygen atoms in total. The van der Waals surface area contributed by atoms with Gasteiger partial charge in [-0.3, -0.25) is 4.55 Å². The van der Waals surface area contributed by atoms with E-state index in [0.717, 1.165) is 0 Å². The van der Waals surface area contributed by atoms with Gasteiger partial charge in [-0.25, -0.2) is 4.18 Å². The Morgan fingerprint density at radius 2 is 2.00 bits per heavy atom. The monoisotopic (exact) mass is 228 g/mol. The molecule has 8 heteroatoms. The molecule has 0 aromatic carbocycles. The highest BCUT2D eigenvalue weighted by atomic mass is 32.3. The molecule has 3 atom stereocenters. The van der Waals surface area contributed by atoms with Crippen molar-refractivity contribution in [3.8, 4) is 0 Å². The molecule has 0 amide bonds. The first-order valence-electron chi connectivity index (χ1n) is 3.98. The fourth-order valence-electron chi connectivity index (χ4n) is 1.12. The van der Waals surface area contributed by atoms with E-state index in [1.54, 1.807) is 0 Å². The molecule has 0 aromatic rings. The summed E-state index contributed by atoms with van der Waals surface area (Å²) >= 11 is 0. The van der Waals surface area contributed by atoms with Crippen LogP contribution < -0.4 is 0 Å². The highest BCUT2D eigenvalue weighted by Crippen LogP contribution is 2.14. The number of ether oxygens (including phenoxy) is 1. The first-order valence-corrected chi connectivity index (χ1v) is 5.34. The molecule has 2 unspecified atom stereocenters. The Labute approximate surface area is 81.2 Å². The van der Waals surface area contributed by atoms with E-state index in [0.29, 0.717) is 0 Å². The van der Waals surface area contributed by atoms with E-state index in [-0.39, 0.29) is 19.6 Å². The molecule has 0 radical (unpaired) electrons. The fraction of sp³-hybridized carbons (Fsp3) is 1.00. The molecule has 1 aliphatic rings. The van der Waals surface area contributed by atoms with Gasteiger partial charge in [-0.2, -0.15) is 8.42 Å². The summed E-state index contributed by atoms with van der Waals surface area (Å²) in [5.41, 5.74) is 0. The van der Waals surface area contributed by atoms with Crippen LogP contribution in [0, 0.1) is 0 Å². The van der Waals surface area contributed by atoms with Gasteiger partial charge in [-0.15, -0.1) is 0 Å². The minimum atomic E-state index is -4.48. The third kappa shape index (κ3) is 3.86. The van der Waals surface area contributed by atoms with Gasteiger partial charge in [0.15, 0.2) is 0 Å². The van der Waals surface area contributed by atoms with Crippen LogP contribution in [0.1, 0.15) is 6.42 Å². The number of aliphatic hydroxyl groups is 2. The first-order chi connectivity index (χ1) is 6.38. The van der Waals surface area contributed by atoms with E-state index in [9.17, 15) is 13.5 Å². The van der Waals surface area contributed by atoms with Gasteiger partial charge in [0.25, 0.3) is 0 Å². The summed E-state index contributed by atoms with van der Waals surface area (Å²) in [6.07, 6.45) is -2.50. The zero-order valence-electron chi connectivity index (χ0n) is 7.24. The standard InChI is InChI=1S/C6H12O7S/c7-5-1-4(12-3-6(5)8)2-13-14(9,10)11/h4-8H,1-3H2,(H,9,10,11)/t4-,5?,6?/m1/s1. The molecule has 3 N–H and O–H groups in total. The molecule has 0 aliphatic carbocycles. The summed E-state index contributed by atoms with van der Waals surface area (Å²) in [7, 11) is -4.48. The van der Waals surface area contributed by atoms with E-state index < -0.39 is 28.7 Å². The molecule has 0 saturated carbocycles. The van der Waals surface area contributed by atoms with Crippen molar-refractivity contribution in [2.24, 2.45) is 0 Å². The highest BCUT2D eigenvalue weighted by molar-refractivity contribution is 7.80. The van der Waals surface area contributed by atoms with Crippen LogP contribution in [0.5, 0.6) is 0 Å². The van der Waals surface area contributed by atoms with E-state index >= 15 is 0 Å². The maximum atomic E-state index is 10.2. The average Bonchev–Trinajstić information content (AvgIpc) is 2.06. The summed E-state index contributed by atoms with van der Waals surface area (Å²) in [5.74, 6) is 0. The lowest BCUT2D eigenvalue weighted by Crippen LogP contribution is -2.43. The Balaban J connectivity index is 2.34. The van der Waals surface area contributed by atoms with Crippen LogP contribution >= 0.6 is 0 Å². The van der Waals surface area contributed by atoms with Crippen molar-refractivity contribution in [2.75, 3.05) is 13.2 Å². The van der Waals surface area contributed by atoms with Gasteiger partial charge in [0.05, 0.1) is 25.4 Å². The van der Waals surface area contributed by atoms with E-state index in [1.807, 2.05) is 0 Å². The zero-order chi connectivity index (χ0) is 10.8. The largest absolute Gasteiger partial charge is 0.397 e. The van der Waals surface area contributed by atoms with Crippen molar-refractivity contribution < 1.29 is 32.1 Å². The summed E-state index contributed by atoms with van der Waals surface area (Å²) in [5, 5.41) is 18.2. The van der Waals surface area contributed by atoms with E-state index in [2.05, 4.69) is 4.18 Å². The molecule has 84 valence electrons. The number of aliphatic hydroxyl groups excluding tert-OH is 2. The average molecular weight is 228 g/mol. The Hall–Kier alpha value is -0.250. The van der Waals surface area contributed by atoms with Crippen LogP contribution in [0.15, 0.2) is 0 Å². The number of hydrogen-bond donors (Lipinski definition) is 3. The third-order valence-corrected chi connectivity index (χ3v) is 2.29. The van der Waals surface area contributed by atoms with Crippen LogP contribution in [0.3, 0.4) is 0 Å². The minimum Gasteiger partial charge on any atom is -0.390 e. The minimum absolute atomic E-state index is 0.0662. The quantitative estimate of drug-likeness (QED) is 0.494. The SMILES string of the molecule is O=S(=O)(O)OC[C@H]1CC(O)C(O)CO1. The van der Waals surface area contributed by atoms with Crippen LogP contribution in [-0.2, 0) is 19.3 Å². The van der Waals surface area contributed by atoms with Crippen LogP contribution in [0.4, 0.5) is 0 Å². The predicted octanol–water partition coefficient (Wildman–Crippen LogP) is -1.68. The van der Waals surface area contributed by atoms with Gasteiger partial charge in [0, 0.05) is 6.42 Å². The van der Waals surface area contributed by atoms with Gasteiger partial charge in [0.2, 0.25) is 0 Å². The van der Waals surface area contributed by atoms with Crippen molar-refractivity contribution in [3.63, 3.8) is 0 Å². The second-order valence-corrected chi connectivity index (χ2v) is 4.13. The van der Waals surface area contributed by atoms with Crippen LogP contribution in [-0.4, -0.2) is 54.7 Å². The maximum absolute atomic E-state index is 10.2. The molecule has 1 heterocycles. The molecular weight excluding hydrogens is 216 g/mol. The van der Waals surface area contributed by atoms with Crippen molar-refractivity contribution in [1.29, 1.82) is 0 Å². The third-order valence-electron chi connectivity index (χ3n) is 1.85. The Kier molecular flexibility index (Phi) is 3.81. The second-order valence-electron chi connectivity index (χ2n) is 3.04. The lowest BCUT2D eigenvalue weighted by atomic mass is 10.0. The van der Waals surface area contributed by atoms with E-state index in [4.69, 9.17) is 14.4 Å². The Morgan fingerprint density at radius 1 is 1.36 bits per heavy atom. The molecule has 1 rings (SSSR count). The Bertz CT molecular complexity index is 274. The number of hydrogen-bond acceptors (Lipinski definition) is 6. The molecule has 1 aliphatic heterocycles. The predicted molar refractivity (Wildman–Crippen MR) is 43.9 cm³/mol. The molecule has 1 saturated heterocycles. The molecule has 0 bridgehead atoms. The fourth-order valence-corrected chi connectivity index (χ4v) is 1.44. The topological polar surface area (TPSA) is 113 Å². The molecule has 0 spiro atoms. The van der Waals surface area contributed by atoms with Gasteiger partial charge < -0.3 is 14.9 Å². The molecule has 1 fully saturated rings. The van der Waals surface area contributed by atoms with E-state index in [1.165, 1.54) is 0 Å². The van der Waals surface area contributed by atoms with Gasteiger partial charge in [-0.05, 0) is 0 Å². The second kappa shape index (κ2) is 4.51. The number of rotatable bonds is 3. The van der Waals surface area contributed by atoms with Crippen molar-refractivity contribution in [2.45, 2.75) is 24.7 Å². The first kappa shape index (κ1) is 11.8. The maximum Gasteiger partial charge on any atom is 0.397 e. The van der Waals surface area contributed by atoms with Crippen molar-refractivity contribution in [3.05, 3.63) is 0 Å². The summed E-state index contributed by atoms with van der Waals surface area (Å²) in [6, 6.07) is 0. The lowest BCUT2D eigenvalue weighted by molar-refractivity contribution is -0.129. The lowest BCUT2D eigenvalue weighted by Gasteiger charge is -2.29. The molecule has 0 aromatic heterocycles. The summed E-state index contributed by atoms with van der Waals surface area (Å²) in [6.45, 7) is -0.455. The van der Waals surface area contributed by atoms with Crippen LogP contribution in [0.2, 0.25) is 0 Å². The van der Waals surface area contributed by atoms with Gasteiger partial charge in [-0.1, -0.05) is 0 Å². The van der Waals surface area contributed by atoms with Crippen molar-refractivity contribution >= 4 is 10.4 Å². The summed E-state index contributed by atoms with van der Waals surface area (Å²) < 4.78 is 37.6. The zero-order valence-corrected chi connectivity index (χ0v) is 8.05. The van der Waals surface area contributed by atoms with Crippen LogP contribution in [0.25, 0.3) is 0 Å². The molecule has 14 heavy (non-hydrogen) atoms. The highest BCUT2D eigenvalue weighted by Gasteiger charge is 2.29. The summed E-state index contributed by atoms with van der Waals surface area (Å²) in [4.78, 5) is 0. The van der Waals surface area contributed by atoms with Crippen molar-refractivity contribution in [1.82, 2.24) is 0 Å². The smallest absolute Gasteiger partial charge is 0.390 e. The Morgan fingerprint density at radius 3 is 2.50 bits per heavy atom. The van der Waals surface area contributed by atoms with Gasteiger partial charge in [0.1, 0.15) is 6.10 Å². The van der Waals surface area contributed by atoms with Gasteiger partial charge >= 0.3 is 10.4 Å². The molecular formula is C6H12O7S.